The molecule has 0 saturated carbocycles. The summed E-state index contributed by atoms with van der Waals surface area (Å²) >= 11 is 0. The third-order valence-electron chi connectivity index (χ3n) is 3.35. The Bertz CT molecular complexity index is 695. The van der Waals surface area contributed by atoms with Crippen molar-refractivity contribution in [2.45, 2.75) is 13.8 Å². The van der Waals surface area contributed by atoms with Crippen LogP contribution in [0.4, 0.5) is 5.69 Å². The van der Waals surface area contributed by atoms with Crippen LogP contribution in [-0.2, 0) is 16.6 Å². The normalized spacial score (nSPS) is 10.2. The molecule has 0 bridgehead atoms. The number of hydrogen-bond acceptors (Lipinski definition) is 4. The lowest BCUT2D eigenvalue weighted by Crippen LogP contribution is -2.37. The van der Waals surface area contributed by atoms with E-state index in [1.54, 1.807) is 18.7 Å². The Morgan fingerprint density at radius 1 is 1.17 bits per heavy atom. The molecule has 0 aliphatic rings. The van der Waals surface area contributed by atoms with Crippen LogP contribution < -0.4 is 15.4 Å². The molecule has 0 radical (unpaired) electrons. The minimum atomic E-state index is -0.719. The zero-order valence-corrected chi connectivity index (χ0v) is 13.4. The Hall–Kier alpha value is -2.83. The fourth-order valence-electron chi connectivity index (χ4n) is 2.06. The molecule has 1 aromatic carbocycles. The molecule has 7 heteroatoms. The third kappa shape index (κ3) is 4.32. The summed E-state index contributed by atoms with van der Waals surface area (Å²) in [6, 6.07) is 9.26. The highest BCUT2D eigenvalue weighted by Crippen LogP contribution is 2.17. The van der Waals surface area contributed by atoms with E-state index in [9.17, 15) is 9.59 Å². The third-order valence-corrected chi connectivity index (χ3v) is 3.35. The fourth-order valence-corrected chi connectivity index (χ4v) is 2.06. The van der Waals surface area contributed by atoms with Gasteiger partial charge in [0.1, 0.15) is 12.4 Å². The average molecular weight is 316 g/mol. The summed E-state index contributed by atoms with van der Waals surface area (Å²) in [5, 5.41) is 9.28. The first-order chi connectivity index (χ1) is 11.0. The molecule has 0 aliphatic carbocycles. The number of aromatic nitrogens is 2. The summed E-state index contributed by atoms with van der Waals surface area (Å²) in [6.45, 7) is 4.12. The number of carbonyl (C=O) groups is 2. The van der Waals surface area contributed by atoms with Crippen molar-refractivity contribution < 1.29 is 14.3 Å². The van der Waals surface area contributed by atoms with Crippen LogP contribution in [0.3, 0.4) is 0 Å². The maximum Gasteiger partial charge on any atom is 0.313 e. The van der Waals surface area contributed by atoms with Gasteiger partial charge in [-0.15, -0.1) is 0 Å². The lowest BCUT2D eigenvalue weighted by molar-refractivity contribution is -0.136. The second-order valence-corrected chi connectivity index (χ2v) is 5.04. The van der Waals surface area contributed by atoms with Gasteiger partial charge >= 0.3 is 11.8 Å². The fraction of sp³-hybridized carbons (Fsp3) is 0.312. The van der Waals surface area contributed by atoms with Crippen LogP contribution in [0, 0.1) is 13.8 Å². The number of carbonyl (C=O) groups excluding carboxylic acids is 2. The first-order valence-electron chi connectivity index (χ1n) is 7.26. The molecule has 0 spiro atoms. The predicted molar refractivity (Wildman–Crippen MR) is 86.3 cm³/mol. The van der Waals surface area contributed by atoms with Crippen LogP contribution in [0.15, 0.2) is 30.3 Å². The van der Waals surface area contributed by atoms with Crippen molar-refractivity contribution in [2.75, 3.05) is 18.5 Å². The van der Waals surface area contributed by atoms with E-state index in [0.717, 1.165) is 5.69 Å². The molecule has 2 aromatic rings. The summed E-state index contributed by atoms with van der Waals surface area (Å²) in [5.74, 6) is -0.707. The molecule has 23 heavy (non-hydrogen) atoms. The summed E-state index contributed by atoms with van der Waals surface area (Å²) < 4.78 is 7.09. The van der Waals surface area contributed by atoms with Crippen molar-refractivity contribution in [3.63, 3.8) is 0 Å². The Labute approximate surface area is 134 Å². The zero-order valence-electron chi connectivity index (χ0n) is 13.4. The lowest BCUT2D eigenvalue weighted by Gasteiger charge is -2.08. The summed E-state index contributed by atoms with van der Waals surface area (Å²) in [6.07, 6.45) is 0. The molecule has 122 valence electrons. The average Bonchev–Trinajstić information content (AvgIpc) is 2.78. The van der Waals surface area contributed by atoms with Gasteiger partial charge in [0.15, 0.2) is 0 Å². The van der Waals surface area contributed by atoms with Gasteiger partial charge in [0.25, 0.3) is 0 Å². The van der Waals surface area contributed by atoms with E-state index < -0.39 is 11.8 Å². The van der Waals surface area contributed by atoms with Crippen molar-refractivity contribution in [2.24, 2.45) is 7.05 Å². The van der Waals surface area contributed by atoms with Gasteiger partial charge in [-0.2, -0.15) is 5.10 Å². The van der Waals surface area contributed by atoms with Crippen molar-refractivity contribution in [1.29, 1.82) is 0 Å². The van der Waals surface area contributed by atoms with Crippen molar-refractivity contribution in [3.8, 4) is 5.75 Å². The van der Waals surface area contributed by atoms with Crippen LogP contribution >= 0.6 is 0 Å². The molecule has 2 N–H and O–H groups in total. The number of nitrogens with one attached hydrogen (secondary N) is 2. The van der Waals surface area contributed by atoms with E-state index in [4.69, 9.17) is 4.74 Å². The quantitative estimate of drug-likeness (QED) is 0.640. The molecule has 7 nitrogen and oxygen atoms in total. The van der Waals surface area contributed by atoms with Gasteiger partial charge in [-0.1, -0.05) is 18.2 Å². The number of nitrogens with zero attached hydrogens (tertiary/aromatic N) is 2. The van der Waals surface area contributed by atoms with Crippen molar-refractivity contribution in [3.05, 3.63) is 41.7 Å². The number of rotatable bonds is 5. The van der Waals surface area contributed by atoms with E-state index in [2.05, 4.69) is 15.7 Å². The second kappa shape index (κ2) is 7.44. The number of hydrogen-bond donors (Lipinski definition) is 2. The monoisotopic (exact) mass is 316 g/mol. The Morgan fingerprint density at radius 3 is 2.48 bits per heavy atom. The molecule has 0 fully saturated rings. The van der Waals surface area contributed by atoms with Gasteiger partial charge in [-0.05, 0) is 26.0 Å². The van der Waals surface area contributed by atoms with Crippen LogP contribution in [-0.4, -0.2) is 34.7 Å². The van der Waals surface area contributed by atoms with Gasteiger partial charge in [0.2, 0.25) is 0 Å². The first kappa shape index (κ1) is 16.5. The van der Waals surface area contributed by atoms with Crippen LogP contribution in [0.25, 0.3) is 0 Å². The standard InChI is InChI=1S/C16H20N4O3/c1-11-14(12(2)20(3)19-11)18-16(22)15(21)17-9-10-23-13-7-5-4-6-8-13/h4-8H,9-10H2,1-3H3,(H,17,21)(H,18,22). The van der Waals surface area contributed by atoms with Gasteiger partial charge in [0, 0.05) is 7.05 Å². The van der Waals surface area contributed by atoms with Gasteiger partial charge in [-0.25, -0.2) is 0 Å². The summed E-state index contributed by atoms with van der Waals surface area (Å²) in [4.78, 5) is 23.7. The van der Waals surface area contributed by atoms with Crippen LogP contribution in [0.5, 0.6) is 5.75 Å². The first-order valence-corrected chi connectivity index (χ1v) is 7.26. The summed E-state index contributed by atoms with van der Waals surface area (Å²) in [5.41, 5.74) is 2.02. The molecular formula is C16H20N4O3. The highest BCUT2D eigenvalue weighted by Gasteiger charge is 2.17. The Balaban J connectivity index is 1.78. The molecule has 2 amide bonds. The molecule has 0 unspecified atom stereocenters. The molecule has 0 atom stereocenters. The minimum Gasteiger partial charge on any atom is -0.492 e. The minimum absolute atomic E-state index is 0.242. The van der Waals surface area contributed by atoms with Crippen LogP contribution in [0.2, 0.25) is 0 Å². The molecular weight excluding hydrogens is 296 g/mol. The number of para-hydroxylation sites is 1. The molecule has 0 aliphatic heterocycles. The smallest absolute Gasteiger partial charge is 0.313 e. The Kier molecular flexibility index (Phi) is 5.35. The predicted octanol–water partition coefficient (Wildman–Crippen LogP) is 1.17. The number of anilines is 1. The van der Waals surface area contributed by atoms with E-state index in [0.29, 0.717) is 17.1 Å². The lowest BCUT2D eigenvalue weighted by atomic mass is 10.3. The molecule has 2 rings (SSSR count). The highest BCUT2D eigenvalue weighted by molar-refractivity contribution is 6.39. The van der Waals surface area contributed by atoms with Gasteiger partial charge < -0.3 is 15.4 Å². The number of aryl methyl sites for hydroxylation is 2. The summed E-state index contributed by atoms with van der Waals surface area (Å²) in [7, 11) is 1.78. The van der Waals surface area contributed by atoms with Gasteiger partial charge in [0.05, 0.1) is 23.6 Å². The van der Waals surface area contributed by atoms with E-state index in [1.807, 2.05) is 37.3 Å². The second-order valence-electron chi connectivity index (χ2n) is 5.04. The largest absolute Gasteiger partial charge is 0.492 e. The zero-order chi connectivity index (χ0) is 16.8. The van der Waals surface area contributed by atoms with E-state index >= 15 is 0 Å². The van der Waals surface area contributed by atoms with Crippen LogP contribution in [0.1, 0.15) is 11.4 Å². The highest BCUT2D eigenvalue weighted by atomic mass is 16.5. The maximum atomic E-state index is 11.9. The van der Waals surface area contributed by atoms with Gasteiger partial charge in [-0.3, -0.25) is 14.3 Å². The van der Waals surface area contributed by atoms with E-state index in [1.165, 1.54) is 0 Å². The molecule has 1 heterocycles. The van der Waals surface area contributed by atoms with E-state index in [-0.39, 0.29) is 13.2 Å². The van der Waals surface area contributed by atoms with Crippen molar-refractivity contribution >= 4 is 17.5 Å². The van der Waals surface area contributed by atoms with Crippen molar-refractivity contribution in [1.82, 2.24) is 15.1 Å². The number of benzene rings is 1. The number of ether oxygens (including phenoxy) is 1. The SMILES string of the molecule is Cc1nn(C)c(C)c1NC(=O)C(=O)NCCOc1ccccc1. The Morgan fingerprint density at radius 2 is 1.87 bits per heavy atom. The topological polar surface area (TPSA) is 85.2 Å². The number of amides is 2. The maximum absolute atomic E-state index is 11.9. The molecule has 0 saturated heterocycles. The molecule has 1 aromatic heterocycles.